The van der Waals surface area contributed by atoms with Gasteiger partial charge in [-0.2, -0.15) is 13.2 Å². The summed E-state index contributed by atoms with van der Waals surface area (Å²) in [4.78, 5) is 2.02. The van der Waals surface area contributed by atoms with Crippen molar-refractivity contribution in [1.82, 2.24) is 0 Å². The number of para-hydroxylation sites is 3. The van der Waals surface area contributed by atoms with Crippen LogP contribution in [0.15, 0.2) is 65.1 Å². The van der Waals surface area contributed by atoms with Gasteiger partial charge in [-0.1, -0.05) is 62.1 Å². The predicted octanol–water partition coefficient (Wildman–Crippen LogP) is 6.92. The zero-order chi connectivity index (χ0) is 21.0. The number of rotatable bonds is 3. The minimum absolute atomic E-state index is 0.116. The third-order valence-electron chi connectivity index (χ3n) is 5.24. The molecule has 0 aliphatic heterocycles. The Balaban J connectivity index is 1.97. The second kappa shape index (κ2) is 6.66. The zero-order valence-corrected chi connectivity index (χ0v) is 17.8. The SMILES string of the molecule is CN(c1ccccc1[Si](C)(C)C)c1cccc2c1oc1c(C(F)(F)F)cccc12. The van der Waals surface area contributed by atoms with E-state index in [0.29, 0.717) is 16.4 Å². The summed E-state index contributed by atoms with van der Waals surface area (Å²) in [5.41, 5.74) is 1.40. The molecule has 0 bridgehead atoms. The second-order valence-corrected chi connectivity index (χ2v) is 13.3. The van der Waals surface area contributed by atoms with Crippen molar-refractivity contribution in [3.05, 3.63) is 66.2 Å². The van der Waals surface area contributed by atoms with E-state index in [9.17, 15) is 13.2 Å². The highest BCUT2D eigenvalue weighted by Gasteiger charge is 2.35. The van der Waals surface area contributed by atoms with Gasteiger partial charge < -0.3 is 9.32 Å². The molecule has 0 N–H and O–H groups in total. The van der Waals surface area contributed by atoms with Crippen LogP contribution in [-0.2, 0) is 6.18 Å². The predicted molar refractivity (Wildman–Crippen MR) is 116 cm³/mol. The topological polar surface area (TPSA) is 16.4 Å². The molecule has 1 heterocycles. The first-order valence-electron chi connectivity index (χ1n) is 9.44. The van der Waals surface area contributed by atoms with Crippen molar-refractivity contribution in [2.45, 2.75) is 25.8 Å². The third-order valence-corrected chi connectivity index (χ3v) is 7.28. The van der Waals surface area contributed by atoms with Gasteiger partial charge in [-0.3, -0.25) is 0 Å². The van der Waals surface area contributed by atoms with Gasteiger partial charge in [0.25, 0.3) is 0 Å². The van der Waals surface area contributed by atoms with Crippen molar-refractivity contribution in [2.24, 2.45) is 0 Å². The molecule has 4 aromatic rings. The molecule has 0 spiro atoms. The highest BCUT2D eigenvalue weighted by Crippen LogP contribution is 2.42. The Morgan fingerprint density at radius 2 is 1.34 bits per heavy atom. The van der Waals surface area contributed by atoms with Gasteiger partial charge in [0.2, 0.25) is 0 Å². The number of alkyl halides is 3. The van der Waals surface area contributed by atoms with E-state index >= 15 is 0 Å². The summed E-state index contributed by atoms with van der Waals surface area (Å²) in [6.07, 6.45) is -4.47. The number of furan rings is 1. The van der Waals surface area contributed by atoms with Crippen molar-refractivity contribution in [3.63, 3.8) is 0 Å². The van der Waals surface area contributed by atoms with E-state index in [2.05, 4.69) is 31.8 Å². The van der Waals surface area contributed by atoms with Crippen LogP contribution in [0.3, 0.4) is 0 Å². The van der Waals surface area contributed by atoms with Gasteiger partial charge in [-0.15, -0.1) is 0 Å². The van der Waals surface area contributed by atoms with Gasteiger partial charge in [-0.25, -0.2) is 0 Å². The number of anilines is 2. The van der Waals surface area contributed by atoms with E-state index in [1.807, 2.05) is 42.3 Å². The summed E-state index contributed by atoms with van der Waals surface area (Å²) in [5, 5.41) is 2.44. The van der Waals surface area contributed by atoms with Gasteiger partial charge in [0.15, 0.2) is 5.58 Å². The van der Waals surface area contributed by atoms with Crippen LogP contribution in [0.4, 0.5) is 24.5 Å². The molecule has 4 rings (SSSR count). The molecule has 29 heavy (non-hydrogen) atoms. The number of benzene rings is 3. The number of halogens is 3. The van der Waals surface area contributed by atoms with Crippen molar-refractivity contribution in [3.8, 4) is 0 Å². The smallest absolute Gasteiger partial charge is 0.420 e. The van der Waals surface area contributed by atoms with Crippen molar-refractivity contribution >= 4 is 46.6 Å². The van der Waals surface area contributed by atoms with Gasteiger partial charge >= 0.3 is 6.18 Å². The van der Waals surface area contributed by atoms with Crippen molar-refractivity contribution in [2.75, 3.05) is 11.9 Å². The van der Waals surface area contributed by atoms with E-state index in [4.69, 9.17) is 4.42 Å². The molecule has 0 aliphatic carbocycles. The minimum Gasteiger partial charge on any atom is -0.453 e. The van der Waals surface area contributed by atoms with Crippen molar-refractivity contribution in [1.29, 1.82) is 0 Å². The summed E-state index contributed by atoms with van der Waals surface area (Å²) in [7, 11) is 0.308. The fraction of sp³-hybridized carbons (Fsp3) is 0.217. The van der Waals surface area contributed by atoms with E-state index in [1.165, 1.54) is 11.3 Å². The molecule has 0 amide bonds. The molecule has 0 saturated heterocycles. The lowest BCUT2D eigenvalue weighted by atomic mass is 10.1. The molecule has 6 heteroatoms. The third kappa shape index (κ3) is 3.31. The fourth-order valence-corrected chi connectivity index (χ4v) is 5.44. The highest BCUT2D eigenvalue weighted by atomic mass is 28.3. The average Bonchev–Trinajstić information content (AvgIpc) is 3.04. The Morgan fingerprint density at radius 1 is 0.759 bits per heavy atom. The lowest BCUT2D eigenvalue weighted by Gasteiger charge is -2.28. The summed E-state index contributed by atoms with van der Waals surface area (Å²) in [6.45, 7) is 6.82. The second-order valence-electron chi connectivity index (χ2n) is 8.26. The maximum Gasteiger partial charge on any atom is 0.420 e. The van der Waals surface area contributed by atoms with E-state index in [-0.39, 0.29) is 5.58 Å². The molecule has 3 aromatic carbocycles. The molecule has 1 aromatic heterocycles. The van der Waals surface area contributed by atoms with Crippen LogP contribution in [0.25, 0.3) is 21.9 Å². The Hall–Kier alpha value is -2.73. The van der Waals surface area contributed by atoms with Gasteiger partial charge in [0, 0.05) is 23.5 Å². The summed E-state index contributed by atoms with van der Waals surface area (Å²) < 4.78 is 46.3. The first kappa shape index (κ1) is 19.6. The average molecular weight is 414 g/mol. The number of fused-ring (bicyclic) bond motifs is 3. The van der Waals surface area contributed by atoms with Gasteiger partial charge in [-0.05, 0) is 23.4 Å². The van der Waals surface area contributed by atoms with Crippen LogP contribution >= 0.6 is 0 Å². The standard InChI is InChI=1S/C23H22F3NOSi/c1-27(18-12-5-6-14-20(18)29(2,3)4)19-13-8-10-16-15-9-7-11-17(23(24,25)26)21(15)28-22(16)19/h5-14H,1-4H3. The Morgan fingerprint density at radius 3 is 2.00 bits per heavy atom. The summed E-state index contributed by atoms with van der Waals surface area (Å²) >= 11 is 0. The largest absolute Gasteiger partial charge is 0.453 e. The maximum absolute atomic E-state index is 13.5. The summed E-state index contributed by atoms with van der Waals surface area (Å²) in [6, 6.07) is 17.9. The lowest BCUT2D eigenvalue weighted by Crippen LogP contribution is -2.40. The van der Waals surface area contributed by atoms with E-state index in [1.54, 1.807) is 6.07 Å². The van der Waals surface area contributed by atoms with Crippen LogP contribution in [0, 0.1) is 0 Å². The molecule has 0 atom stereocenters. The van der Waals surface area contributed by atoms with Crippen LogP contribution in [0.1, 0.15) is 5.56 Å². The molecule has 0 saturated carbocycles. The Bertz CT molecular complexity index is 1200. The quantitative estimate of drug-likeness (QED) is 0.339. The molecule has 0 radical (unpaired) electrons. The first-order valence-corrected chi connectivity index (χ1v) is 12.9. The highest BCUT2D eigenvalue weighted by molar-refractivity contribution is 6.89. The molecule has 0 unspecified atom stereocenters. The molecular weight excluding hydrogens is 391 g/mol. The molecule has 0 aliphatic rings. The minimum atomic E-state index is -4.47. The van der Waals surface area contributed by atoms with Crippen LogP contribution < -0.4 is 10.1 Å². The number of hydrogen-bond donors (Lipinski definition) is 0. The Kier molecular flexibility index (Phi) is 4.50. The Labute approximate surface area is 168 Å². The lowest BCUT2D eigenvalue weighted by molar-refractivity contribution is -0.136. The zero-order valence-electron chi connectivity index (χ0n) is 16.8. The molecular formula is C23H22F3NOSi. The van der Waals surface area contributed by atoms with Gasteiger partial charge in [0.1, 0.15) is 5.58 Å². The van der Waals surface area contributed by atoms with Crippen LogP contribution in [-0.4, -0.2) is 15.1 Å². The summed E-state index contributed by atoms with van der Waals surface area (Å²) in [5.74, 6) is 0. The first-order chi connectivity index (χ1) is 13.6. The number of nitrogens with zero attached hydrogens (tertiary/aromatic N) is 1. The maximum atomic E-state index is 13.5. The monoisotopic (exact) mass is 413 g/mol. The molecule has 2 nitrogen and oxygen atoms in total. The molecule has 0 fully saturated rings. The van der Waals surface area contributed by atoms with Crippen LogP contribution in [0.5, 0.6) is 0 Å². The van der Waals surface area contributed by atoms with Crippen LogP contribution in [0.2, 0.25) is 19.6 Å². The van der Waals surface area contributed by atoms with E-state index < -0.39 is 19.8 Å². The van der Waals surface area contributed by atoms with E-state index in [0.717, 1.165) is 17.4 Å². The molecule has 150 valence electrons. The number of hydrogen-bond acceptors (Lipinski definition) is 2. The normalized spacial score (nSPS) is 12.7. The fourth-order valence-electron chi connectivity index (χ4n) is 3.82. The van der Waals surface area contributed by atoms with Gasteiger partial charge in [0.05, 0.1) is 19.3 Å². The van der Waals surface area contributed by atoms with Crippen molar-refractivity contribution < 1.29 is 17.6 Å².